The van der Waals surface area contributed by atoms with Gasteiger partial charge in [-0.15, -0.1) is 0 Å². The highest BCUT2D eigenvalue weighted by atomic mass is 16.2. The third-order valence-corrected chi connectivity index (χ3v) is 6.25. The summed E-state index contributed by atoms with van der Waals surface area (Å²) in [4.78, 5) is 27.3. The average molecular weight is 367 g/mol. The zero-order chi connectivity index (χ0) is 18.5. The SMILES string of the molecule is Cn1nc(C(=O)N[C@@H]2CN3CCC2CC3)c2ccc(NC(=O)C3CC3)cc21. The van der Waals surface area contributed by atoms with Gasteiger partial charge < -0.3 is 15.5 Å². The van der Waals surface area contributed by atoms with Crippen LogP contribution in [-0.2, 0) is 11.8 Å². The van der Waals surface area contributed by atoms with E-state index in [4.69, 9.17) is 0 Å². The summed E-state index contributed by atoms with van der Waals surface area (Å²) < 4.78 is 1.72. The molecular weight excluding hydrogens is 342 g/mol. The van der Waals surface area contributed by atoms with Crippen molar-refractivity contribution in [2.45, 2.75) is 31.7 Å². The summed E-state index contributed by atoms with van der Waals surface area (Å²) in [6, 6.07) is 5.86. The second-order valence-corrected chi connectivity index (χ2v) is 8.19. The molecule has 7 nitrogen and oxygen atoms in total. The smallest absolute Gasteiger partial charge is 0.272 e. The molecule has 0 radical (unpaired) electrons. The van der Waals surface area contributed by atoms with Crippen molar-refractivity contribution in [2.24, 2.45) is 18.9 Å². The first-order chi connectivity index (χ1) is 13.1. The zero-order valence-corrected chi connectivity index (χ0v) is 15.6. The van der Waals surface area contributed by atoms with Crippen molar-refractivity contribution in [1.29, 1.82) is 0 Å². The van der Waals surface area contributed by atoms with Gasteiger partial charge in [0.15, 0.2) is 5.69 Å². The maximum absolute atomic E-state index is 12.9. The Morgan fingerprint density at radius 3 is 2.59 bits per heavy atom. The number of hydrogen-bond donors (Lipinski definition) is 2. The van der Waals surface area contributed by atoms with E-state index in [2.05, 4.69) is 20.6 Å². The molecule has 1 aliphatic carbocycles. The van der Waals surface area contributed by atoms with Gasteiger partial charge in [-0.3, -0.25) is 14.3 Å². The fraction of sp³-hybridized carbons (Fsp3) is 0.550. The number of aromatic nitrogens is 2. The van der Waals surface area contributed by atoms with Gasteiger partial charge in [0.2, 0.25) is 5.91 Å². The summed E-state index contributed by atoms with van der Waals surface area (Å²) >= 11 is 0. The van der Waals surface area contributed by atoms with Crippen molar-refractivity contribution in [3.8, 4) is 0 Å². The van der Waals surface area contributed by atoms with Crippen LogP contribution < -0.4 is 10.6 Å². The first kappa shape index (κ1) is 16.7. The molecule has 142 valence electrons. The number of carbonyl (C=O) groups excluding carboxylic acids is 2. The minimum Gasteiger partial charge on any atom is -0.346 e. The van der Waals surface area contributed by atoms with Crippen molar-refractivity contribution in [1.82, 2.24) is 20.0 Å². The van der Waals surface area contributed by atoms with E-state index in [1.54, 1.807) is 4.68 Å². The van der Waals surface area contributed by atoms with Crippen LogP contribution in [0.2, 0.25) is 0 Å². The van der Waals surface area contributed by atoms with E-state index >= 15 is 0 Å². The fourth-order valence-electron chi connectivity index (χ4n) is 4.46. The molecule has 1 aromatic heterocycles. The van der Waals surface area contributed by atoms with Gasteiger partial charge in [0.05, 0.1) is 5.52 Å². The molecule has 1 saturated carbocycles. The highest BCUT2D eigenvalue weighted by molar-refractivity contribution is 6.06. The lowest BCUT2D eigenvalue weighted by Gasteiger charge is -2.44. The van der Waals surface area contributed by atoms with Gasteiger partial charge in [0.25, 0.3) is 5.91 Å². The fourth-order valence-corrected chi connectivity index (χ4v) is 4.46. The number of anilines is 1. The van der Waals surface area contributed by atoms with E-state index in [9.17, 15) is 9.59 Å². The lowest BCUT2D eigenvalue weighted by molar-refractivity contribution is -0.117. The van der Waals surface area contributed by atoms with Gasteiger partial charge in [-0.25, -0.2) is 0 Å². The van der Waals surface area contributed by atoms with Crippen LogP contribution in [0.25, 0.3) is 10.9 Å². The van der Waals surface area contributed by atoms with Crippen LogP contribution in [0.15, 0.2) is 18.2 Å². The number of fused-ring (bicyclic) bond motifs is 4. The number of aryl methyl sites for hydroxylation is 1. The number of carbonyl (C=O) groups is 2. The van der Waals surface area contributed by atoms with Crippen LogP contribution in [0.3, 0.4) is 0 Å². The quantitative estimate of drug-likeness (QED) is 0.863. The molecule has 1 aromatic carbocycles. The number of benzene rings is 1. The Morgan fingerprint density at radius 1 is 1.15 bits per heavy atom. The molecule has 2 N–H and O–H groups in total. The van der Waals surface area contributed by atoms with E-state index in [1.807, 2.05) is 25.2 Å². The second kappa shape index (κ2) is 6.34. The maximum Gasteiger partial charge on any atom is 0.272 e. The third-order valence-electron chi connectivity index (χ3n) is 6.25. The number of piperidine rings is 3. The Hall–Kier alpha value is -2.41. The van der Waals surface area contributed by atoms with Crippen LogP contribution in [-0.4, -0.2) is 52.2 Å². The third kappa shape index (κ3) is 3.10. The highest BCUT2D eigenvalue weighted by Gasteiger charge is 2.35. The Morgan fingerprint density at radius 2 is 1.93 bits per heavy atom. The van der Waals surface area contributed by atoms with Crippen LogP contribution in [0.1, 0.15) is 36.2 Å². The van der Waals surface area contributed by atoms with E-state index in [0.29, 0.717) is 11.6 Å². The molecule has 0 unspecified atom stereocenters. The van der Waals surface area contributed by atoms with E-state index < -0.39 is 0 Å². The lowest BCUT2D eigenvalue weighted by atomic mass is 9.84. The number of amides is 2. The summed E-state index contributed by atoms with van der Waals surface area (Å²) in [6.07, 6.45) is 4.28. The topological polar surface area (TPSA) is 79.3 Å². The number of nitrogens with one attached hydrogen (secondary N) is 2. The van der Waals surface area contributed by atoms with Crippen molar-refractivity contribution in [2.75, 3.05) is 25.0 Å². The molecule has 3 saturated heterocycles. The summed E-state index contributed by atoms with van der Waals surface area (Å²) in [7, 11) is 1.83. The molecule has 0 spiro atoms. The minimum absolute atomic E-state index is 0.0804. The first-order valence-corrected chi connectivity index (χ1v) is 9.89. The normalized spacial score (nSPS) is 26.9. The molecule has 3 aliphatic heterocycles. The van der Waals surface area contributed by atoms with Crippen molar-refractivity contribution >= 4 is 28.4 Å². The Bertz CT molecular complexity index is 908. The minimum atomic E-state index is -0.103. The van der Waals surface area contributed by atoms with Crippen molar-refractivity contribution in [3.05, 3.63) is 23.9 Å². The van der Waals surface area contributed by atoms with E-state index in [0.717, 1.165) is 61.9 Å². The molecule has 27 heavy (non-hydrogen) atoms. The summed E-state index contributed by atoms with van der Waals surface area (Å²) in [6.45, 7) is 3.25. The van der Waals surface area contributed by atoms with Crippen molar-refractivity contribution in [3.63, 3.8) is 0 Å². The molecule has 6 rings (SSSR count). The van der Waals surface area contributed by atoms with E-state index in [-0.39, 0.29) is 23.8 Å². The molecule has 2 aromatic rings. The molecule has 7 heteroatoms. The number of hydrogen-bond acceptors (Lipinski definition) is 4. The summed E-state index contributed by atoms with van der Waals surface area (Å²) in [5.41, 5.74) is 2.07. The predicted octanol–water partition coefficient (Wildman–Crippen LogP) is 1.75. The molecule has 4 heterocycles. The Balaban J connectivity index is 1.36. The average Bonchev–Trinajstić information content (AvgIpc) is 3.48. The molecule has 4 aliphatic rings. The van der Waals surface area contributed by atoms with Gasteiger partial charge >= 0.3 is 0 Å². The molecular formula is C20H25N5O2. The molecule has 2 bridgehead atoms. The van der Waals surface area contributed by atoms with Crippen LogP contribution in [0.4, 0.5) is 5.69 Å². The highest BCUT2D eigenvalue weighted by Crippen LogP contribution is 2.31. The Kier molecular flexibility index (Phi) is 3.93. The number of nitrogens with zero attached hydrogens (tertiary/aromatic N) is 3. The predicted molar refractivity (Wildman–Crippen MR) is 102 cm³/mol. The van der Waals surface area contributed by atoms with Gasteiger partial charge in [0, 0.05) is 36.6 Å². The monoisotopic (exact) mass is 367 g/mol. The number of rotatable bonds is 4. The van der Waals surface area contributed by atoms with Gasteiger partial charge in [-0.2, -0.15) is 5.10 Å². The standard InChI is InChI=1S/C20H25N5O2/c1-24-17-10-14(21-19(26)13-2-3-13)4-5-15(17)18(23-24)20(27)22-16-11-25-8-6-12(16)7-9-25/h4-5,10,12-13,16H,2-3,6-9,11H2,1H3,(H,21,26)(H,22,27)/t16-/m1/s1. The van der Waals surface area contributed by atoms with Crippen LogP contribution >= 0.6 is 0 Å². The van der Waals surface area contributed by atoms with Crippen molar-refractivity contribution < 1.29 is 9.59 Å². The first-order valence-electron chi connectivity index (χ1n) is 9.89. The largest absolute Gasteiger partial charge is 0.346 e. The van der Waals surface area contributed by atoms with E-state index in [1.165, 1.54) is 0 Å². The molecule has 4 fully saturated rings. The summed E-state index contributed by atoms with van der Waals surface area (Å²) in [5.74, 6) is 0.722. The van der Waals surface area contributed by atoms with Crippen LogP contribution in [0, 0.1) is 11.8 Å². The van der Waals surface area contributed by atoms with Gasteiger partial charge in [-0.05, 0) is 62.9 Å². The molecule has 2 amide bonds. The lowest BCUT2D eigenvalue weighted by Crippen LogP contribution is -2.57. The second-order valence-electron chi connectivity index (χ2n) is 8.19. The summed E-state index contributed by atoms with van der Waals surface area (Å²) in [5, 5.41) is 11.5. The van der Waals surface area contributed by atoms with Gasteiger partial charge in [0.1, 0.15) is 0 Å². The maximum atomic E-state index is 12.9. The molecule has 1 atom stereocenters. The Labute approximate surface area is 158 Å². The van der Waals surface area contributed by atoms with Gasteiger partial charge in [-0.1, -0.05) is 0 Å². The zero-order valence-electron chi connectivity index (χ0n) is 15.6. The van der Waals surface area contributed by atoms with Crippen LogP contribution in [0.5, 0.6) is 0 Å².